The Kier molecular flexibility index (Phi) is 4.02. The summed E-state index contributed by atoms with van der Waals surface area (Å²) in [7, 11) is 0. The zero-order valence-electron chi connectivity index (χ0n) is 13.4. The molecule has 5 heteroatoms. The van der Waals surface area contributed by atoms with Gasteiger partial charge in [0.15, 0.2) is 0 Å². The van der Waals surface area contributed by atoms with Gasteiger partial charge in [0, 0.05) is 22.1 Å². The summed E-state index contributed by atoms with van der Waals surface area (Å²) in [5, 5.41) is 8.38. The summed E-state index contributed by atoms with van der Waals surface area (Å²) in [6.45, 7) is 3.57. The summed E-state index contributed by atoms with van der Waals surface area (Å²) in [5.74, 6) is 1.92. The minimum atomic E-state index is 0.632. The van der Waals surface area contributed by atoms with Gasteiger partial charge in [-0.05, 0) is 37.6 Å². The van der Waals surface area contributed by atoms with E-state index in [4.69, 9.17) is 9.84 Å². The minimum Gasteiger partial charge on any atom is -0.492 e. The number of hydrogen-bond acceptors (Lipinski definition) is 3. The van der Waals surface area contributed by atoms with Gasteiger partial charge in [-0.25, -0.2) is 4.68 Å². The molecular formula is C19H18BrN3O. The Morgan fingerprint density at radius 3 is 2.75 bits per heavy atom. The fourth-order valence-corrected chi connectivity index (χ4v) is 3.36. The van der Waals surface area contributed by atoms with Crippen LogP contribution in [-0.4, -0.2) is 22.9 Å². The first-order valence-electron chi connectivity index (χ1n) is 8.12. The highest BCUT2D eigenvalue weighted by Gasteiger charge is 2.25. The Bertz CT molecular complexity index is 871. The van der Waals surface area contributed by atoms with Crippen molar-refractivity contribution in [3.63, 3.8) is 0 Å². The maximum absolute atomic E-state index is 5.79. The van der Waals surface area contributed by atoms with Gasteiger partial charge in [-0.1, -0.05) is 40.2 Å². The van der Waals surface area contributed by atoms with E-state index in [1.165, 1.54) is 5.56 Å². The van der Waals surface area contributed by atoms with E-state index in [0.29, 0.717) is 6.61 Å². The van der Waals surface area contributed by atoms with Crippen molar-refractivity contribution in [1.82, 2.24) is 9.78 Å². The normalized spacial score (nSPS) is 12.8. The standard InChI is InChI=1S/C19H18BrN3O/c1-2-24-17-6-4-3-5-16(17)23-19-15(11-12-21-19)18(22-23)13-7-9-14(20)10-8-13/h3-10,21H,2,11-12H2,1H3. The molecule has 1 aliphatic rings. The summed E-state index contributed by atoms with van der Waals surface area (Å²) >= 11 is 3.49. The average Bonchev–Trinajstić information content (AvgIpc) is 3.19. The van der Waals surface area contributed by atoms with Crippen LogP contribution in [0, 0.1) is 0 Å². The molecule has 0 spiro atoms. The number of benzene rings is 2. The Morgan fingerprint density at radius 2 is 1.96 bits per heavy atom. The van der Waals surface area contributed by atoms with Crippen molar-refractivity contribution in [2.24, 2.45) is 0 Å². The fourth-order valence-electron chi connectivity index (χ4n) is 3.10. The van der Waals surface area contributed by atoms with Crippen LogP contribution in [0.3, 0.4) is 0 Å². The largest absolute Gasteiger partial charge is 0.492 e. The van der Waals surface area contributed by atoms with E-state index in [1.54, 1.807) is 0 Å². The number of halogens is 1. The van der Waals surface area contributed by atoms with E-state index < -0.39 is 0 Å². The summed E-state index contributed by atoms with van der Waals surface area (Å²) < 4.78 is 8.84. The Hall–Kier alpha value is -2.27. The van der Waals surface area contributed by atoms with Gasteiger partial charge in [-0.2, -0.15) is 5.10 Å². The minimum absolute atomic E-state index is 0.632. The van der Waals surface area contributed by atoms with Gasteiger partial charge in [0.1, 0.15) is 17.3 Å². The molecule has 4 nitrogen and oxygen atoms in total. The molecule has 0 aliphatic carbocycles. The van der Waals surface area contributed by atoms with Crippen LogP contribution < -0.4 is 10.1 Å². The number of aromatic nitrogens is 2. The van der Waals surface area contributed by atoms with Gasteiger partial charge in [-0.3, -0.25) is 0 Å². The maximum Gasteiger partial charge on any atom is 0.145 e. The van der Waals surface area contributed by atoms with Crippen molar-refractivity contribution in [3.8, 4) is 22.7 Å². The van der Waals surface area contributed by atoms with Crippen LogP contribution in [0.25, 0.3) is 16.9 Å². The maximum atomic E-state index is 5.79. The molecule has 0 bridgehead atoms. The number of nitrogens with zero attached hydrogens (tertiary/aromatic N) is 2. The van der Waals surface area contributed by atoms with Gasteiger partial charge in [-0.15, -0.1) is 0 Å². The molecule has 0 saturated heterocycles. The lowest BCUT2D eigenvalue weighted by Crippen LogP contribution is -2.06. The Labute approximate surface area is 149 Å². The van der Waals surface area contributed by atoms with Crippen molar-refractivity contribution in [3.05, 3.63) is 58.6 Å². The number of fused-ring (bicyclic) bond motifs is 1. The third kappa shape index (κ3) is 2.59. The number of ether oxygens (including phenoxy) is 1. The molecule has 1 aliphatic heterocycles. The fraction of sp³-hybridized carbons (Fsp3) is 0.211. The first-order valence-corrected chi connectivity index (χ1v) is 8.91. The number of hydrogen-bond donors (Lipinski definition) is 1. The molecule has 0 fully saturated rings. The van der Waals surface area contributed by atoms with E-state index in [-0.39, 0.29) is 0 Å². The molecule has 1 N–H and O–H groups in total. The predicted octanol–water partition coefficient (Wildman–Crippen LogP) is 4.67. The topological polar surface area (TPSA) is 39.1 Å². The van der Waals surface area contributed by atoms with Crippen LogP contribution in [0.4, 0.5) is 5.82 Å². The highest BCUT2D eigenvalue weighted by atomic mass is 79.9. The lowest BCUT2D eigenvalue weighted by Gasteiger charge is -2.12. The van der Waals surface area contributed by atoms with Crippen molar-refractivity contribution in [2.75, 3.05) is 18.5 Å². The van der Waals surface area contributed by atoms with Crippen LogP contribution in [0.5, 0.6) is 5.75 Å². The summed E-state index contributed by atoms with van der Waals surface area (Å²) in [6, 6.07) is 16.3. The van der Waals surface area contributed by atoms with Crippen molar-refractivity contribution in [1.29, 1.82) is 0 Å². The molecule has 1 aromatic heterocycles. The summed E-state index contributed by atoms with van der Waals surface area (Å²) in [6.07, 6.45) is 0.984. The van der Waals surface area contributed by atoms with Crippen LogP contribution in [0.1, 0.15) is 12.5 Å². The van der Waals surface area contributed by atoms with Crippen molar-refractivity contribution in [2.45, 2.75) is 13.3 Å². The summed E-state index contributed by atoms with van der Waals surface area (Å²) in [5.41, 5.74) is 4.40. The number of para-hydroxylation sites is 2. The first kappa shape index (κ1) is 15.3. The second-order valence-electron chi connectivity index (χ2n) is 5.67. The Balaban J connectivity index is 1.87. The number of rotatable bonds is 4. The molecule has 122 valence electrons. The zero-order chi connectivity index (χ0) is 16.5. The lowest BCUT2D eigenvalue weighted by molar-refractivity contribution is 0.338. The van der Waals surface area contributed by atoms with Gasteiger partial charge in [0.25, 0.3) is 0 Å². The molecule has 0 radical (unpaired) electrons. The van der Waals surface area contributed by atoms with E-state index >= 15 is 0 Å². The molecule has 2 heterocycles. The van der Waals surface area contributed by atoms with Crippen molar-refractivity contribution < 1.29 is 4.74 Å². The molecule has 0 atom stereocenters. The molecule has 0 amide bonds. The third-order valence-electron chi connectivity index (χ3n) is 4.16. The van der Waals surface area contributed by atoms with E-state index in [1.807, 2.05) is 35.9 Å². The quantitative estimate of drug-likeness (QED) is 0.711. The summed E-state index contributed by atoms with van der Waals surface area (Å²) in [4.78, 5) is 0. The zero-order valence-corrected chi connectivity index (χ0v) is 15.0. The van der Waals surface area contributed by atoms with Gasteiger partial charge in [0.05, 0.1) is 12.3 Å². The molecule has 24 heavy (non-hydrogen) atoms. The van der Waals surface area contributed by atoms with Crippen LogP contribution >= 0.6 is 15.9 Å². The molecular weight excluding hydrogens is 366 g/mol. The molecule has 0 unspecified atom stereocenters. The lowest BCUT2D eigenvalue weighted by atomic mass is 10.1. The van der Waals surface area contributed by atoms with E-state index in [9.17, 15) is 0 Å². The monoisotopic (exact) mass is 383 g/mol. The average molecular weight is 384 g/mol. The van der Waals surface area contributed by atoms with Crippen molar-refractivity contribution >= 4 is 21.7 Å². The van der Waals surface area contributed by atoms with E-state index in [2.05, 4.69) is 45.5 Å². The third-order valence-corrected chi connectivity index (χ3v) is 4.69. The SMILES string of the molecule is CCOc1ccccc1-n1nc(-c2ccc(Br)cc2)c2c1NCC2. The molecule has 2 aromatic carbocycles. The second kappa shape index (κ2) is 6.32. The molecule has 0 saturated carbocycles. The van der Waals surface area contributed by atoms with Gasteiger partial charge < -0.3 is 10.1 Å². The van der Waals surface area contributed by atoms with Gasteiger partial charge in [0.2, 0.25) is 0 Å². The van der Waals surface area contributed by atoms with Gasteiger partial charge >= 0.3 is 0 Å². The number of nitrogens with one attached hydrogen (secondary N) is 1. The van der Waals surface area contributed by atoms with Crippen LogP contribution in [0.15, 0.2) is 53.0 Å². The Morgan fingerprint density at radius 1 is 1.17 bits per heavy atom. The van der Waals surface area contributed by atoms with Crippen LogP contribution in [-0.2, 0) is 6.42 Å². The molecule has 3 aromatic rings. The highest BCUT2D eigenvalue weighted by molar-refractivity contribution is 9.10. The smallest absolute Gasteiger partial charge is 0.145 e. The predicted molar refractivity (Wildman–Crippen MR) is 100 cm³/mol. The molecule has 4 rings (SSSR count). The van der Waals surface area contributed by atoms with Crippen LogP contribution in [0.2, 0.25) is 0 Å². The second-order valence-corrected chi connectivity index (χ2v) is 6.59. The highest BCUT2D eigenvalue weighted by Crippen LogP contribution is 2.36. The first-order chi connectivity index (χ1) is 11.8. The number of anilines is 1. The van der Waals surface area contributed by atoms with E-state index in [0.717, 1.165) is 46.0 Å².